The highest BCUT2D eigenvalue weighted by Gasteiger charge is 2.13. The lowest BCUT2D eigenvalue weighted by molar-refractivity contribution is 0.387. The normalized spacial score (nSPS) is 11.5. The van der Waals surface area contributed by atoms with Gasteiger partial charge in [-0.2, -0.15) is 0 Å². The highest BCUT2D eigenvalue weighted by molar-refractivity contribution is 5.81. The summed E-state index contributed by atoms with van der Waals surface area (Å²) in [6.07, 6.45) is 0. The number of aromatic nitrogens is 2. The van der Waals surface area contributed by atoms with Crippen LogP contribution >= 0.6 is 0 Å². The number of aryl methyl sites for hydroxylation is 1. The Labute approximate surface area is 137 Å². The van der Waals surface area contributed by atoms with Crippen LogP contribution in [0, 0.1) is 6.92 Å². The summed E-state index contributed by atoms with van der Waals surface area (Å²) in [7, 11) is 4.19. The predicted molar refractivity (Wildman–Crippen MR) is 96.4 cm³/mol. The van der Waals surface area contributed by atoms with Crippen molar-refractivity contribution in [1.82, 2.24) is 14.5 Å². The lowest BCUT2D eigenvalue weighted by Crippen LogP contribution is -2.18. The molecule has 0 aliphatic rings. The lowest BCUT2D eigenvalue weighted by Gasteiger charge is -2.13. The number of rotatable bonds is 5. The first-order valence-electron chi connectivity index (χ1n) is 7.99. The maximum absolute atomic E-state index is 5.70. The second kappa shape index (κ2) is 6.52. The Balaban J connectivity index is 2.10. The van der Waals surface area contributed by atoms with Gasteiger partial charge >= 0.3 is 0 Å². The first-order chi connectivity index (χ1) is 11.1. The first kappa shape index (κ1) is 15.7. The molecule has 3 rings (SSSR count). The second-order valence-electron chi connectivity index (χ2n) is 6.28. The number of imidazole rings is 1. The van der Waals surface area contributed by atoms with Gasteiger partial charge in [0.15, 0.2) is 0 Å². The highest BCUT2D eigenvalue weighted by atomic mass is 15.1. The summed E-state index contributed by atoms with van der Waals surface area (Å²) in [6.45, 7) is 4.57. The SMILES string of the molecule is Cc1ccc2c(c1)nc(-c1ccc(CN)cc1)n2CCN(C)C. The van der Waals surface area contributed by atoms with Gasteiger partial charge in [0, 0.05) is 25.2 Å². The van der Waals surface area contributed by atoms with E-state index in [1.54, 1.807) is 0 Å². The smallest absolute Gasteiger partial charge is 0.141 e. The average Bonchev–Trinajstić information content (AvgIpc) is 2.90. The molecule has 0 atom stereocenters. The van der Waals surface area contributed by atoms with Gasteiger partial charge in [0.25, 0.3) is 0 Å². The van der Waals surface area contributed by atoms with Gasteiger partial charge in [-0.05, 0) is 44.3 Å². The highest BCUT2D eigenvalue weighted by Crippen LogP contribution is 2.26. The van der Waals surface area contributed by atoms with E-state index in [0.717, 1.165) is 35.6 Å². The summed E-state index contributed by atoms with van der Waals surface area (Å²) in [5.41, 5.74) is 11.5. The van der Waals surface area contributed by atoms with E-state index in [4.69, 9.17) is 10.7 Å². The van der Waals surface area contributed by atoms with Gasteiger partial charge in [-0.3, -0.25) is 0 Å². The molecule has 4 nitrogen and oxygen atoms in total. The minimum atomic E-state index is 0.566. The molecule has 0 radical (unpaired) electrons. The number of hydrogen-bond acceptors (Lipinski definition) is 3. The van der Waals surface area contributed by atoms with Gasteiger partial charge in [0.2, 0.25) is 0 Å². The summed E-state index contributed by atoms with van der Waals surface area (Å²) in [4.78, 5) is 7.09. The fraction of sp³-hybridized carbons (Fsp3) is 0.316. The molecule has 0 saturated heterocycles. The van der Waals surface area contributed by atoms with E-state index >= 15 is 0 Å². The molecule has 0 aliphatic heterocycles. The van der Waals surface area contributed by atoms with Gasteiger partial charge < -0.3 is 15.2 Å². The summed E-state index contributed by atoms with van der Waals surface area (Å²) >= 11 is 0. The number of benzene rings is 2. The minimum absolute atomic E-state index is 0.566. The largest absolute Gasteiger partial charge is 0.326 e. The van der Waals surface area contributed by atoms with Crippen molar-refractivity contribution in [2.75, 3.05) is 20.6 Å². The Kier molecular flexibility index (Phi) is 4.46. The Hall–Kier alpha value is -2.17. The number of nitrogens with two attached hydrogens (primary N) is 1. The van der Waals surface area contributed by atoms with Gasteiger partial charge in [0.05, 0.1) is 11.0 Å². The molecule has 0 unspecified atom stereocenters. The maximum atomic E-state index is 5.70. The number of nitrogens with zero attached hydrogens (tertiary/aromatic N) is 3. The second-order valence-corrected chi connectivity index (χ2v) is 6.28. The molecule has 0 saturated carbocycles. The van der Waals surface area contributed by atoms with E-state index in [2.05, 4.69) is 73.0 Å². The van der Waals surface area contributed by atoms with Crippen LogP contribution in [0.4, 0.5) is 0 Å². The third-order valence-corrected chi connectivity index (χ3v) is 4.12. The molecule has 2 N–H and O–H groups in total. The zero-order valence-electron chi connectivity index (χ0n) is 14.1. The first-order valence-corrected chi connectivity index (χ1v) is 7.99. The average molecular weight is 308 g/mol. The van der Waals surface area contributed by atoms with Crippen molar-refractivity contribution >= 4 is 11.0 Å². The minimum Gasteiger partial charge on any atom is -0.326 e. The van der Waals surface area contributed by atoms with E-state index < -0.39 is 0 Å². The summed E-state index contributed by atoms with van der Waals surface area (Å²) in [5.74, 6) is 1.02. The van der Waals surface area contributed by atoms with Crippen molar-refractivity contribution in [2.24, 2.45) is 5.73 Å². The Morgan fingerprint density at radius 1 is 1.09 bits per heavy atom. The molecule has 120 valence electrons. The molecule has 3 aromatic rings. The molecule has 0 bridgehead atoms. The Morgan fingerprint density at radius 2 is 1.83 bits per heavy atom. The van der Waals surface area contributed by atoms with Crippen molar-refractivity contribution in [3.05, 3.63) is 53.6 Å². The quantitative estimate of drug-likeness (QED) is 0.788. The van der Waals surface area contributed by atoms with E-state index in [1.807, 2.05) is 0 Å². The van der Waals surface area contributed by atoms with Crippen LogP contribution in [0.3, 0.4) is 0 Å². The van der Waals surface area contributed by atoms with Gasteiger partial charge in [-0.1, -0.05) is 30.3 Å². The number of likely N-dealkylation sites (N-methyl/N-ethyl adjacent to an activating group) is 1. The van der Waals surface area contributed by atoms with Crippen molar-refractivity contribution in [3.8, 4) is 11.4 Å². The van der Waals surface area contributed by atoms with E-state index in [9.17, 15) is 0 Å². The molecule has 4 heteroatoms. The summed E-state index contributed by atoms with van der Waals surface area (Å²) in [6, 6.07) is 14.9. The fourth-order valence-electron chi connectivity index (χ4n) is 2.78. The zero-order valence-corrected chi connectivity index (χ0v) is 14.1. The van der Waals surface area contributed by atoms with Crippen LogP contribution in [0.15, 0.2) is 42.5 Å². The number of fused-ring (bicyclic) bond motifs is 1. The molecule has 0 spiro atoms. The maximum Gasteiger partial charge on any atom is 0.141 e. The van der Waals surface area contributed by atoms with Crippen LogP contribution in [0.2, 0.25) is 0 Å². The van der Waals surface area contributed by atoms with Gasteiger partial charge in [0.1, 0.15) is 5.82 Å². The van der Waals surface area contributed by atoms with Crippen molar-refractivity contribution in [3.63, 3.8) is 0 Å². The van der Waals surface area contributed by atoms with E-state index in [1.165, 1.54) is 11.1 Å². The number of hydrogen-bond donors (Lipinski definition) is 1. The molecular formula is C19H24N4. The van der Waals surface area contributed by atoms with Crippen LogP contribution in [0.5, 0.6) is 0 Å². The molecule has 0 amide bonds. The molecule has 0 aliphatic carbocycles. The van der Waals surface area contributed by atoms with E-state index in [-0.39, 0.29) is 0 Å². The summed E-state index contributed by atoms with van der Waals surface area (Å²) in [5, 5.41) is 0. The van der Waals surface area contributed by atoms with Gasteiger partial charge in [-0.15, -0.1) is 0 Å². The summed E-state index contributed by atoms with van der Waals surface area (Å²) < 4.78 is 2.31. The molecule has 23 heavy (non-hydrogen) atoms. The third-order valence-electron chi connectivity index (χ3n) is 4.12. The molecule has 1 aromatic heterocycles. The Morgan fingerprint density at radius 3 is 2.48 bits per heavy atom. The van der Waals surface area contributed by atoms with Gasteiger partial charge in [-0.25, -0.2) is 4.98 Å². The molecule has 1 heterocycles. The molecule has 2 aromatic carbocycles. The van der Waals surface area contributed by atoms with Crippen LogP contribution in [-0.2, 0) is 13.1 Å². The van der Waals surface area contributed by atoms with Crippen molar-refractivity contribution < 1.29 is 0 Å². The monoisotopic (exact) mass is 308 g/mol. The van der Waals surface area contributed by atoms with E-state index in [0.29, 0.717) is 6.54 Å². The topological polar surface area (TPSA) is 47.1 Å². The predicted octanol–water partition coefficient (Wildman–Crippen LogP) is 3.03. The van der Waals surface area contributed by atoms with Crippen LogP contribution in [0.25, 0.3) is 22.4 Å². The standard InChI is InChI=1S/C19H24N4/c1-14-4-9-18-17(12-14)21-19(23(18)11-10-22(2)3)16-7-5-15(13-20)6-8-16/h4-9,12H,10-11,13,20H2,1-3H3. The zero-order chi connectivity index (χ0) is 16.4. The van der Waals surface area contributed by atoms with Crippen LogP contribution < -0.4 is 5.73 Å². The van der Waals surface area contributed by atoms with Crippen LogP contribution in [0.1, 0.15) is 11.1 Å². The fourth-order valence-corrected chi connectivity index (χ4v) is 2.78. The Bertz CT molecular complexity index is 800. The molecule has 0 fully saturated rings. The third kappa shape index (κ3) is 3.28. The van der Waals surface area contributed by atoms with Crippen molar-refractivity contribution in [1.29, 1.82) is 0 Å². The van der Waals surface area contributed by atoms with Crippen molar-refractivity contribution in [2.45, 2.75) is 20.0 Å². The van der Waals surface area contributed by atoms with Crippen LogP contribution in [-0.4, -0.2) is 35.1 Å². The lowest BCUT2D eigenvalue weighted by atomic mass is 10.1. The molecular weight excluding hydrogens is 284 g/mol.